The van der Waals surface area contributed by atoms with Crippen LogP contribution in [0.25, 0.3) is 10.2 Å². The standard InChI is InChI=1S/C18H15N5O5S/c1-9-13-17(19-12-6-3-7-22(12)18(13)26)29-14(9)16(25)21-20-15(24)10-4-2-5-11(8-10)23(27)28/h2,4-5,8H,3,6-7H2,1H3,(H,20,24)(H,21,25). The van der Waals surface area contributed by atoms with Crippen LogP contribution in [0.3, 0.4) is 0 Å². The number of aromatic nitrogens is 2. The van der Waals surface area contributed by atoms with Crippen molar-refractivity contribution in [3.63, 3.8) is 0 Å². The predicted molar refractivity (Wildman–Crippen MR) is 105 cm³/mol. The van der Waals surface area contributed by atoms with Gasteiger partial charge in [-0.05, 0) is 25.0 Å². The molecule has 148 valence electrons. The zero-order chi connectivity index (χ0) is 20.7. The second-order valence-corrected chi connectivity index (χ2v) is 7.54. The molecule has 0 atom stereocenters. The van der Waals surface area contributed by atoms with Gasteiger partial charge in [-0.15, -0.1) is 11.3 Å². The van der Waals surface area contributed by atoms with Gasteiger partial charge in [-0.3, -0.25) is 39.9 Å². The minimum atomic E-state index is -0.696. The van der Waals surface area contributed by atoms with Crippen LogP contribution in [0.5, 0.6) is 0 Å². The van der Waals surface area contributed by atoms with Gasteiger partial charge in [-0.25, -0.2) is 4.98 Å². The fraction of sp³-hybridized carbons (Fsp3) is 0.222. The molecule has 4 rings (SSSR count). The van der Waals surface area contributed by atoms with E-state index < -0.39 is 16.7 Å². The second-order valence-electron chi connectivity index (χ2n) is 6.54. The van der Waals surface area contributed by atoms with Crippen molar-refractivity contribution >= 4 is 39.1 Å². The number of nitro groups is 1. The first-order valence-corrected chi connectivity index (χ1v) is 9.56. The van der Waals surface area contributed by atoms with Crippen molar-refractivity contribution in [3.05, 3.63) is 66.6 Å². The molecule has 0 saturated heterocycles. The van der Waals surface area contributed by atoms with Gasteiger partial charge in [0.1, 0.15) is 10.7 Å². The summed E-state index contributed by atoms with van der Waals surface area (Å²) in [4.78, 5) is 52.9. The van der Waals surface area contributed by atoms with Crippen LogP contribution in [0.1, 0.15) is 37.8 Å². The lowest BCUT2D eigenvalue weighted by Gasteiger charge is -2.07. The van der Waals surface area contributed by atoms with Gasteiger partial charge in [0.05, 0.1) is 15.2 Å². The first-order chi connectivity index (χ1) is 13.9. The number of carbonyl (C=O) groups excluding carboxylic acids is 2. The number of thiophene rings is 1. The van der Waals surface area contributed by atoms with Crippen molar-refractivity contribution < 1.29 is 14.5 Å². The molecule has 1 aliphatic heterocycles. The molecular weight excluding hydrogens is 398 g/mol. The highest BCUT2D eigenvalue weighted by Gasteiger charge is 2.23. The second kappa shape index (κ2) is 7.09. The van der Waals surface area contributed by atoms with Crippen molar-refractivity contribution in [1.82, 2.24) is 20.4 Å². The number of fused-ring (bicyclic) bond motifs is 2. The van der Waals surface area contributed by atoms with Gasteiger partial charge in [-0.2, -0.15) is 0 Å². The van der Waals surface area contributed by atoms with E-state index in [2.05, 4.69) is 15.8 Å². The van der Waals surface area contributed by atoms with Crippen molar-refractivity contribution in [1.29, 1.82) is 0 Å². The van der Waals surface area contributed by atoms with Crippen LogP contribution in [-0.2, 0) is 13.0 Å². The molecule has 0 radical (unpaired) electrons. The zero-order valence-electron chi connectivity index (χ0n) is 15.2. The molecule has 0 bridgehead atoms. The molecule has 2 aromatic heterocycles. The van der Waals surface area contributed by atoms with Crippen molar-refractivity contribution in [2.24, 2.45) is 0 Å². The Labute approximate surface area is 167 Å². The van der Waals surface area contributed by atoms with Crippen LogP contribution in [0.15, 0.2) is 29.1 Å². The number of carbonyl (C=O) groups is 2. The topological polar surface area (TPSA) is 136 Å². The molecule has 2 amide bonds. The Hall–Kier alpha value is -3.60. The minimum absolute atomic E-state index is 0.0314. The maximum Gasteiger partial charge on any atom is 0.280 e. The van der Waals surface area contributed by atoms with Gasteiger partial charge >= 0.3 is 0 Å². The van der Waals surface area contributed by atoms with E-state index in [-0.39, 0.29) is 21.7 Å². The third-order valence-corrected chi connectivity index (χ3v) is 5.91. The average Bonchev–Trinajstić information content (AvgIpc) is 3.31. The van der Waals surface area contributed by atoms with E-state index in [1.54, 1.807) is 11.5 Å². The van der Waals surface area contributed by atoms with Crippen molar-refractivity contribution in [2.75, 3.05) is 0 Å². The molecule has 1 aliphatic rings. The summed E-state index contributed by atoms with van der Waals surface area (Å²) < 4.78 is 1.63. The van der Waals surface area contributed by atoms with E-state index >= 15 is 0 Å². The fourth-order valence-corrected chi connectivity index (χ4v) is 4.38. The first kappa shape index (κ1) is 18.7. The number of aryl methyl sites for hydroxylation is 2. The highest BCUT2D eigenvalue weighted by atomic mass is 32.1. The van der Waals surface area contributed by atoms with Crippen molar-refractivity contribution in [2.45, 2.75) is 26.3 Å². The van der Waals surface area contributed by atoms with Gasteiger partial charge in [0.15, 0.2) is 0 Å². The molecule has 1 aromatic carbocycles. The molecule has 0 saturated carbocycles. The summed E-state index contributed by atoms with van der Waals surface area (Å²) in [5.41, 5.74) is 4.67. The summed E-state index contributed by atoms with van der Waals surface area (Å²) in [6.07, 6.45) is 1.60. The Balaban J connectivity index is 1.55. The molecule has 11 heteroatoms. The first-order valence-electron chi connectivity index (χ1n) is 8.74. The lowest BCUT2D eigenvalue weighted by atomic mass is 10.2. The summed E-state index contributed by atoms with van der Waals surface area (Å²) in [6, 6.07) is 5.15. The van der Waals surface area contributed by atoms with Gasteiger partial charge < -0.3 is 0 Å². The van der Waals surface area contributed by atoms with Gasteiger partial charge in [0.25, 0.3) is 23.1 Å². The van der Waals surface area contributed by atoms with Gasteiger partial charge in [0.2, 0.25) is 0 Å². The number of hydrogen-bond acceptors (Lipinski definition) is 7. The maximum atomic E-state index is 12.7. The Morgan fingerprint density at radius 3 is 2.79 bits per heavy atom. The molecule has 29 heavy (non-hydrogen) atoms. The van der Waals surface area contributed by atoms with E-state index in [0.717, 1.165) is 36.1 Å². The van der Waals surface area contributed by atoms with Gasteiger partial charge in [-0.1, -0.05) is 6.07 Å². The number of nitrogens with one attached hydrogen (secondary N) is 2. The minimum Gasteiger partial charge on any atom is -0.296 e. The summed E-state index contributed by atoms with van der Waals surface area (Å²) in [5.74, 6) is -0.568. The number of nitro benzene ring substituents is 1. The molecular formula is C18H15N5O5S. The number of benzene rings is 1. The molecule has 2 N–H and O–H groups in total. The predicted octanol–water partition coefficient (Wildman–Crippen LogP) is 1.70. The van der Waals surface area contributed by atoms with E-state index in [1.165, 1.54) is 18.2 Å². The molecule has 0 spiro atoms. The van der Waals surface area contributed by atoms with Crippen LogP contribution in [0.4, 0.5) is 5.69 Å². The van der Waals surface area contributed by atoms with E-state index in [9.17, 15) is 24.5 Å². The molecule has 0 fully saturated rings. The van der Waals surface area contributed by atoms with E-state index in [1.807, 2.05) is 0 Å². The Kier molecular flexibility index (Phi) is 4.59. The number of hydrazine groups is 1. The van der Waals surface area contributed by atoms with Crippen LogP contribution < -0.4 is 16.4 Å². The Morgan fingerprint density at radius 1 is 1.28 bits per heavy atom. The summed E-state index contributed by atoms with van der Waals surface area (Å²) in [6.45, 7) is 2.29. The third-order valence-electron chi connectivity index (χ3n) is 4.73. The summed E-state index contributed by atoms with van der Waals surface area (Å²) in [5, 5.41) is 11.2. The number of rotatable bonds is 3. The smallest absolute Gasteiger partial charge is 0.280 e. The Bertz CT molecular complexity index is 1250. The van der Waals surface area contributed by atoms with Crippen molar-refractivity contribution in [3.8, 4) is 0 Å². The number of nitrogens with zero attached hydrogens (tertiary/aromatic N) is 3. The monoisotopic (exact) mass is 413 g/mol. The highest BCUT2D eigenvalue weighted by Crippen LogP contribution is 2.28. The molecule has 10 nitrogen and oxygen atoms in total. The van der Waals surface area contributed by atoms with Crippen LogP contribution >= 0.6 is 11.3 Å². The SMILES string of the molecule is Cc1c(C(=O)NNC(=O)c2cccc([N+](=O)[O-])c2)sc2nc3n(c(=O)c12)CCC3. The molecule has 3 heterocycles. The zero-order valence-corrected chi connectivity index (χ0v) is 16.0. The van der Waals surface area contributed by atoms with Crippen LogP contribution in [0, 0.1) is 17.0 Å². The summed E-state index contributed by atoms with van der Waals surface area (Å²) >= 11 is 1.09. The van der Waals surface area contributed by atoms with Crippen LogP contribution in [-0.4, -0.2) is 26.3 Å². The van der Waals surface area contributed by atoms with E-state index in [0.29, 0.717) is 22.3 Å². The number of hydrogen-bond donors (Lipinski definition) is 2. The molecule has 0 aliphatic carbocycles. The summed E-state index contributed by atoms with van der Waals surface area (Å²) in [7, 11) is 0. The quantitative estimate of drug-likeness (QED) is 0.495. The molecule has 0 unspecified atom stereocenters. The maximum absolute atomic E-state index is 12.7. The lowest BCUT2D eigenvalue weighted by molar-refractivity contribution is -0.384. The largest absolute Gasteiger partial charge is 0.296 e. The Morgan fingerprint density at radius 2 is 2.03 bits per heavy atom. The van der Waals surface area contributed by atoms with Crippen LogP contribution in [0.2, 0.25) is 0 Å². The fourth-order valence-electron chi connectivity index (χ4n) is 3.30. The normalized spacial score (nSPS) is 12.6. The molecule has 3 aromatic rings. The average molecular weight is 413 g/mol. The third kappa shape index (κ3) is 3.25. The number of non-ortho nitro benzene ring substituents is 1. The van der Waals surface area contributed by atoms with Gasteiger partial charge in [0, 0.05) is 30.7 Å². The van der Waals surface area contributed by atoms with E-state index in [4.69, 9.17) is 0 Å². The highest BCUT2D eigenvalue weighted by molar-refractivity contribution is 7.20. The number of amides is 2. The lowest BCUT2D eigenvalue weighted by Crippen LogP contribution is -2.41.